The van der Waals surface area contributed by atoms with Crippen LogP contribution in [0.5, 0.6) is 5.88 Å². The molecule has 2 atom stereocenters. The summed E-state index contributed by atoms with van der Waals surface area (Å²) >= 11 is 18.8. The van der Waals surface area contributed by atoms with Gasteiger partial charge in [-0.3, -0.25) is 0 Å². The van der Waals surface area contributed by atoms with E-state index >= 15 is 0 Å². The van der Waals surface area contributed by atoms with Crippen molar-refractivity contribution in [2.75, 3.05) is 44.2 Å². The third kappa shape index (κ3) is 5.26. The number of likely N-dealkylation sites (tertiary alicyclic amines) is 1. The van der Waals surface area contributed by atoms with Crippen LogP contribution in [0.25, 0.3) is 0 Å². The Morgan fingerprint density at radius 1 is 1.16 bits per heavy atom. The molecule has 0 saturated carbocycles. The van der Waals surface area contributed by atoms with Gasteiger partial charge in [0, 0.05) is 41.8 Å². The Balaban J connectivity index is 1.43. The van der Waals surface area contributed by atoms with Gasteiger partial charge in [-0.2, -0.15) is 4.98 Å². The van der Waals surface area contributed by atoms with Crippen molar-refractivity contribution in [2.24, 2.45) is 11.8 Å². The number of nitrogens with zero attached hydrogens (tertiary/aromatic N) is 4. The maximum absolute atomic E-state index is 9.24. The molecule has 2 fully saturated rings. The van der Waals surface area contributed by atoms with E-state index in [-0.39, 0.29) is 12.7 Å². The molecule has 2 saturated heterocycles. The van der Waals surface area contributed by atoms with Crippen LogP contribution < -0.4 is 9.64 Å². The van der Waals surface area contributed by atoms with E-state index in [2.05, 4.69) is 19.8 Å². The fourth-order valence-electron chi connectivity index (χ4n) is 4.60. The highest BCUT2D eigenvalue weighted by atomic mass is 35.5. The normalized spacial score (nSPS) is 20.8. The molecule has 4 rings (SSSR count). The largest absolute Gasteiger partial charge is 0.469 e. The lowest BCUT2D eigenvalue weighted by molar-refractivity contribution is 0.101. The first-order chi connectivity index (χ1) is 15.4. The number of anilines is 1. The van der Waals surface area contributed by atoms with Crippen molar-refractivity contribution >= 4 is 40.8 Å². The molecule has 0 amide bonds. The first kappa shape index (κ1) is 23.8. The fraction of sp³-hybridized carbons (Fsp3) is 0.565. The van der Waals surface area contributed by atoms with E-state index in [1.165, 1.54) is 12.8 Å². The highest BCUT2D eigenvalue weighted by Crippen LogP contribution is 2.37. The lowest BCUT2D eigenvalue weighted by Crippen LogP contribution is -2.54. The molecule has 9 heteroatoms. The van der Waals surface area contributed by atoms with Gasteiger partial charge in [-0.25, -0.2) is 4.98 Å². The van der Waals surface area contributed by atoms with Crippen molar-refractivity contribution in [2.45, 2.75) is 32.8 Å². The van der Waals surface area contributed by atoms with Crippen LogP contribution in [0, 0.1) is 18.8 Å². The number of halogens is 3. The number of rotatable bonds is 7. The molecular formula is C23H29Cl3N4O2. The minimum atomic E-state index is -0.344. The standard InChI is InChI=1S/C23H29Cl3N4O2/c1-14-21(26)22(32-15(2)19-6-5-18(24)10-20(19)25)28-23(27-14)30-12-17(13-30)16-4-3-7-29(11-16)8-9-31/h5-6,10,15-17,31H,3-4,7-9,11-13H2,1-2H3/t15-,16+/m1/s1. The number of ether oxygens (including phenoxy) is 1. The third-order valence-electron chi connectivity index (χ3n) is 6.48. The number of aliphatic hydroxyl groups excluding tert-OH is 1. The van der Waals surface area contributed by atoms with E-state index in [9.17, 15) is 5.11 Å². The van der Waals surface area contributed by atoms with Crippen LogP contribution in [0.2, 0.25) is 15.1 Å². The molecule has 6 nitrogen and oxygen atoms in total. The molecule has 0 bridgehead atoms. The van der Waals surface area contributed by atoms with Crippen LogP contribution in [0.3, 0.4) is 0 Å². The molecule has 0 spiro atoms. The Bertz CT molecular complexity index is 953. The topological polar surface area (TPSA) is 61.7 Å². The molecular weight excluding hydrogens is 471 g/mol. The molecule has 3 heterocycles. The van der Waals surface area contributed by atoms with E-state index in [4.69, 9.17) is 39.5 Å². The van der Waals surface area contributed by atoms with Gasteiger partial charge in [0.05, 0.1) is 12.3 Å². The Labute approximate surface area is 204 Å². The lowest BCUT2D eigenvalue weighted by Gasteiger charge is -2.46. The summed E-state index contributed by atoms with van der Waals surface area (Å²) in [5.41, 5.74) is 1.51. The van der Waals surface area contributed by atoms with Crippen molar-refractivity contribution in [1.82, 2.24) is 14.9 Å². The molecule has 0 aliphatic carbocycles. The average Bonchev–Trinajstić information content (AvgIpc) is 2.71. The highest BCUT2D eigenvalue weighted by Gasteiger charge is 2.37. The van der Waals surface area contributed by atoms with Gasteiger partial charge in [0.15, 0.2) is 0 Å². The third-order valence-corrected chi connectivity index (χ3v) is 7.48. The maximum Gasteiger partial charge on any atom is 0.238 e. The van der Waals surface area contributed by atoms with Crippen LogP contribution in [-0.4, -0.2) is 59.3 Å². The van der Waals surface area contributed by atoms with Crippen molar-refractivity contribution < 1.29 is 9.84 Å². The second-order valence-electron chi connectivity index (χ2n) is 8.75. The van der Waals surface area contributed by atoms with E-state index < -0.39 is 0 Å². The number of hydrogen-bond donors (Lipinski definition) is 1. The number of β-amino-alcohol motifs (C(OH)–C–C–N with tert-alkyl or cyclic N) is 1. The van der Waals surface area contributed by atoms with Gasteiger partial charge in [-0.1, -0.05) is 40.9 Å². The number of benzene rings is 1. The molecule has 174 valence electrons. The Hall–Kier alpha value is -1.31. The molecule has 2 aromatic rings. The highest BCUT2D eigenvalue weighted by molar-refractivity contribution is 6.35. The van der Waals surface area contributed by atoms with Crippen LogP contribution >= 0.6 is 34.8 Å². The van der Waals surface area contributed by atoms with Crippen LogP contribution in [0.4, 0.5) is 5.95 Å². The average molecular weight is 500 g/mol. The molecule has 32 heavy (non-hydrogen) atoms. The molecule has 2 aliphatic rings. The number of aliphatic hydroxyl groups is 1. The molecule has 1 N–H and O–H groups in total. The van der Waals surface area contributed by atoms with Crippen molar-refractivity contribution in [3.8, 4) is 5.88 Å². The van der Waals surface area contributed by atoms with Crippen LogP contribution in [-0.2, 0) is 0 Å². The van der Waals surface area contributed by atoms with Crippen molar-refractivity contribution in [3.63, 3.8) is 0 Å². The zero-order valence-corrected chi connectivity index (χ0v) is 20.7. The minimum Gasteiger partial charge on any atom is -0.469 e. The van der Waals surface area contributed by atoms with Gasteiger partial charge in [-0.05, 0) is 57.2 Å². The van der Waals surface area contributed by atoms with Crippen LogP contribution in [0.1, 0.15) is 37.1 Å². The van der Waals surface area contributed by atoms with Crippen molar-refractivity contribution in [3.05, 3.63) is 44.5 Å². The van der Waals surface area contributed by atoms with E-state index in [0.717, 1.165) is 38.3 Å². The Morgan fingerprint density at radius 2 is 1.94 bits per heavy atom. The Kier molecular flexibility index (Phi) is 7.68. The van der Waals surface area contributed by atoms with Crippen molar-refractivity contribution in [1.29, 1.82) is 0 Å². The van der Waals surface area contributed by atoms with Gasteiger partial charge >= 0.3 is 0 Å². The maximum atomic E-state index is 9.24. The lowest BCUT2D eigenvalue weighted by atomic mass is 9.81. The zero-order chi connectivity index (χ0) is 22.8. The second-order valence-corrected chi connectivity index (χ2v) is 9.97. The molecule has 1 aromatic heterocycles. The van der Waals surface area contributed by atoms with E-state index in [1.807, 2.05) is 19.9 Å². The summed E-state index contributed by atoms with van der Waals surface area (Å²) in [4.78, 5) is 13.8. The van der Waals surface area contributed by atoms with Gasteiger partial charge in [0.2, 0.25) is 11.8 Å². The van der Waals surface area contributed by atoms with E-state index in [1.54, 1.807) is 12.1 Å². The summed E-state index contributed by atoms with van der Waals surface area (Å²) in [6, 6.07) is 5.33. The molecule has 2 aliphatic heterocycles. The summed E-state index contributed by atoms with van der Waals surface area (Å²) in [6.07, 6.45) is 2.10. The first-order valence-electron chi connectivity index (χ1n) is 11.1. The second kappa shape index (κ2) is 10.3. The SMILES string of the molecule is Cc1nc(N2CC([C@H]3CCCN(CCO)C3)C2)nc(O[C@H](C)c2ccc(Cl)cc2Cl)c1Cl. The predicted molar refractivity (Wildman–Crippen MR) is 129 cm³/mol. The zero-order valence-electron chi connectivity index (χ0n) is 18.4. The van der Waals surface area contributed by atoms with Crippen LogP contribution in [0.15, 0.2) is 18.2 Å². The summed E-state index contributed by atoms with van der Waals surface area (Å²) in [5, 5.41) is 10.8. The number of aryl methyl sites for hydroxylation is 1. The summed E-state index contributed by atoms with van der Waals surface area (Å²) in [5.74, 6) is 2.29. The summed E-state index contributed by atoms with van der Waals surface area (Å²) in [6.45, 7) is 8.77. The number of piperidine rings is 1. The summed E-state index contributed by atoms with van der Waals surface area (Å²) in [7, 11) is 0. The quantitative estimate of drug-likeness (QED) is 0.577. The van der Waals surface area contributed by atoms with Gasteiger partial charge < -0.3 is 19.6 Å². The number of hydrogen-bond acceptors (Lipinski definition) is 6. The fourth-order valence-corrected chi connectivity index (χ4v) is 5.29. The van der Waals surface area contributed by atoms with Gasteiger partial charge in [0.25, 0.3) is 0 Å². The van der Waals surface area contributed by atoms with E-state index in [0.29, 0.717) is 44.4 Å². The monoisotopic (exact) mass is 498 g/mol. The molecule has 1 aromatic carbocycles. The van der Waals surface area contributed by atoms with Gasteiger partial charge in [0.1, 0.15) is 11.1 Å². The number of aromatic nitrogens is 2. The summed E-state index contributed by atoms with van der Waals surface area (Å²) < 4.78 is 6.11. The van der Waals surface area contributed by atoms with Gasteiger partial charge in [-0.15, -0.1) is 0 Å². The molecule has 0 radical (unpaired) electrons. The first-order valence-corrected chi connectivity index (χ1v) is 12.2. The Morgan fingerprint density at radius 3 is 2.66 bits per heavy atom. The smallest absolute Gasteiger partial charge is 0.238 e. The minimum absolute atomic E-state index is 0.226. The predicted octanol–water partition coefficient (Wildman–Crippen LogP) is 5.03. The molecule has 0 unspecified atom stereocenters.